The highest BCUT2D eigenvalue weighted by Crippen LogP contribution is 2.21. The summed E-state index contributed by atoms with van der Waals surface area (Å²) in [6, 6.07) is 19.3. The number of carbonyl (C=O) groups is 1. The first kappa shape index (κ1) is 20.4. The molecule has 150 valence electrons. The van der Waals surface area contributed by atoms with E-state index in [1.165, 1.54) is 11.8 Å². The lowest BCUT2D eigenvalue weighted by Gasteiger charge is -2.11. The van der Waals surface area contributed by atoms with Crippen LogP contribution in [0.2, 0.25) is 0 Å². The third-order valence-corrected chi connectivity index (χ3v) is 4.49. The highest BCUT2D eigenvalue weighted by atomic mass is 16.6. The summed E-state index contributed by atoms with van der Waals surface area (Å²) in [7, 11) is 0. The Bertz CT molecular complexity index is 897. The lowest BCUT2D eigenvalue weighted by atomic mass is 10.0. The fourth-order valence-electron chi connectivity index (χ4n) is 2.76. The highest BCUT2D eigenvalue weighted by Gasteiger charge is 2.14. The van der Waals surface area contributed by atoms with Crippen LogP contribution in [0.1, 0.15) is 48.3 Å². The van der Waals surface area contributed by atoms with E-state index >= 15 is 0 Å². The van der Waals surface area contributed by atoms with Gasteiger partial charge in [0, 0.05) is 12.6 Å². The van der Waals surface area contributed by atoms with E-state index in [-0.39, 0.29) is 0 Å². The summed E-state index contributed by atoms with van der Waals surface area (Å²) in [5.41, 5.74) is 3.47. The third-order valence-electron chi connectivity index (χ3n) is 4.49. The van der Waals surface area contributed by atoms with Gasteiger partial charge < -0.3 is 14.0 Å². The number of carbonyl (C=O) groups excluding carboxylic acids is 1. The van der Waals surface area contributed by atoms with Gasteiger partial charge in [-0.2, -0.15) is 0 Å². The first-order chi connectivity index (χ1) is 14.2. The summed E-state index contributed by atoms with van der Waals surface area (Å²) < 4.78 is 10.9. The quantitative estimate of drug-likeness (QED) is 0.261. The van der Waals surface area contributed by atoms with E-state index in [0.29, 0.717) is 36.7 Å². The molecule has 3 rings (SSSR count). The van der Waals surface area contributed by atoms with Crippen molar-refractivity contribution in [1.29, 1.82) is 0 Å². The molecule has 0 fully saturated rings. The van der Waals surface area contributed by atoms with Crippen molar-refractivity contribution in [2.45, 2.75) is 38.9 Å². The molecule has 3 aromatic rings. The molecule has 1 aromatic heterocycles. The molecule has 2 aromatic carbocycles. The lowest BCUT2D eigenvalue weighted by Crippen LogP contribution is -2.07. The van der Waals surface area contributed by atoms with E-state index < -0.39 is 6.10 Å². The Balaban J connectivity index is 1.44. The number of aldehydes is 1. The molecule has 0 aliphatic carbocycles. The molecule has 0 aliphatic rings. The van der Waals surface area contributed by atoms with Crippen LogP contribution >= 0.6 is 0 Å². The van der Waals surface area contributed by atoms with E-state index in [4.69, 9.17) is 14.0 Å². The molecular weight excluding hydrogens is 366 g/mol. The molecule has 0 spiro atoms. The van der Waals surface area contributed by atoms with Crippen molar-refractivity contribution in [3.63, 3.8) is 0 Å². The van der Waals surface area contributed by atoms with Gasteiger partial charge in [-0.05, 0) is 46.9 Å². The number of nitrogens with zero attached hydrogens (tertiary/aromatic N) is 1. The number of furan rings is 1. The van der Waals surface area contributed by atoms with E-state index in [1.54, 1.807) is 18.3 Å². The van der Waals surface area contributed by atoms with Gasteiger partial charge in [-0.25, -0.2) is 0 Å². The molecule has 0 saturated heterocycles. The Morgan fingerprint density at radius 1 is 1.00 bits per heavy atom. The monoisotopic (exact) mass is 391 g/mol. The molecule has 29 heavy (non-hydrogen) atoms. The molecule has 0 aliphatic heterocycles. The van der Waals surface area contributed by atoms with Crippen LogP contribution in [-0.4, -0.2) is 12.5 Å². The van der Waals surface area contributed by atoms with Crippen LogP contribution in [0, 0.1) is 0 Å². The second-order valence-electron chi connectivity index (χ2n) is 7.00. The molecular formula is C24H25NO4. The SMILES string of the molecule is CC(C)c1ccc(CON=CCc2ccc(OC(C=O)c3ccco3)cc2)cc1. The van der Waals surface area contributed by atoms with E-state index in [1.807, 2.05) is 24.3 Å². The fraction of sp³-hybridized carbons (Fsp3) is 0.250. The zero-order valence-corrected chi connectivity index (χ0v) is 16.7. The van der Waals surface area contributed by atoms with Gasteiger partial charge in [-0.3, -0.25) is 4.79 Å². The fourth-order valence-corrected chi connectivity index (χ4v) is 2.76. The summed E-state index contributed by atoms with van der Waals surface area (Å²) in [6.07, 6.45) is 3.85. The second-order valence-corrected chi connectivity index (χ2v) is 7.00. The van der Waals surface area contributed by atoms with Crippen molar-refractivity contribution >= 4 is 12.5 Å². The maximum Gasteiger partial charge on any atom is 0.211 e. The van der Waals surface area contributed by atoms with Crippen molar-refractivity contribution in [3.05, 3.63) is 89.4 Å². The molecule has 5 heteroatoms. The van der Waals surface area contributed by atoms with Crippen molar-refractivity contribution in [3.8, 4) is 5.75 Å². The van der Waals surface area contributed by atoms with E-state index in [9.17, 15) is 4.79 Å². The predicted octanol–water partition coefficient (Wildman–Crippen LogP) is 5.47. The van der Waals surface area contributed by atoms with Crippen LogP contribution in [0.3, 0.4) is 0 Å². The minimum atomic E-state index is -0.750. The van der Waals surface area contributed by atoms with Crippen LogP contribution in [0.5, 0.6) is 5.75 Å². The lowest BCUT2D eigenvalue weighted by molar-refractivity contribution is -0.114. The van der Waals surface area contributed by atoms with Crippen molar-refractivity contribution in [1.82, 2.24) is 0 Å². The third kappa shape index (κ3) is 6.07. The van der Waals surface area contributed by atoms with Gasteiger partial charge in [0.2, 0.25) is 6.10 Å². The maximum atomic E-state index is 11.2. The number of ether oxygens (including phenoxy) is 1. The van der Waals surface area contributed by atoms with Crippen molar-refractivity contribution in [2.75, 3.05) is 0 Å². The molecule has 1 heterocycles. The van der Waals surface area contributed by atoms with E-state index in [2.05, 4.69) is 43.3 Å². The number of hydrogen-bond donors (Lipinski definition) is 0. The minimum absolute atomic E-state index is 0.446. The molecule has 0 bridgehead atoms. The average Bonchev–Trinajstić information content (AvgIpc) is 3.28. The Labute approximate surface area is 170 Å². The summed E-state index contributed by atoms with van der Waals surface area (Å²) in [6.45, 7) is 4.80. The van der Waals surface area contributed by atoms with Gasteiger partial charge >= 0.3 is 0 Å². The number of oxime groups is 1. The van der Waals surface area contributed by atoms with Gasteiger partial charge in [-0.1, -0.05) is 55.4 Å². The standard InChI is InChI=1S/C24H25NO4/c1-18(2)21-9-5-20(6-10-21)17-28-25-14-13-19-7-11-22(12-8-19)29-24(16-26)23-4-3-15-27-23/h3-12,14-16,18,24H,13,17H2,1-2H3. The number of hydrogen-bond acceptors (Lipinski definition) is 5. The number of rotatable bonds is 10. The van der Waals surface area contributed by atoms with E-state index in [0.717, 1.165) is 11.1 Å². The summed E-state index contributed by atoms with van der Waals surface area (Å²) in [5, 5.41) is 4.02. The molecule has 0 amide bonds. The first-order valence-corrected chi connectivity index (χ1v) is 9.62. The number of benzene rings is 2. The topological polar surface area (TPSA) is 61.0 Å². The summed E-state index contributed by atoms with van der Waals surface area (Å²) >= 11 is 0. The van der Waals surface area contributed by atoms with Gasteiger partial charge in [0.05, 0.1) is 6.26 Å². The van der Waals surface area contributed by atoms with Crippen LogP contribution in [0.25, 0.3) is 0 Å². The van der Waals surface area contributed by atoms with Crippen LogP contribution in [-0.2, 0) is 22.7 Å². The average molecular weight is 391 g/mol. The summed E-state index contributed by atoms with van der Waals surface area (Å²) in [4.78, 5) is 16.6. The predicted molar refractivity (Wildman–Crippen MR) is 112 cm³/mol. The van der Waals surface area contributed by atoms with Gasteiger partial charge in [0.15, 0.2) is 12.0 Å². The van der Waals surface area contributed by atoms with Crippen LogP contribution < -0.4 is 4.74 Å². The normalized spacial score (nSPS) is 12.2. The first-order valence-electron chi connectivity index (χ1n) is 9.62. The van der Waals surface area contributed by atoms with Crippen molar-refractivity contribution in [2.24, 2.45) is 5.16 Å². The Hall–Kier alpha value is -3.34. The molecule has 0 radical (unpaired) electrons. The maximum absolute atomic E-state index is 11.2. The van der Waals surface area contributed by atoms with Gasteiger partial charge in [-0.15, -0.1) is 0 Å². The Kier molecular flexibility index (Phi) is 7.22. The Morgan fingerprint density at radius 2 is 1.72 bits per heavy atom. The largest absolute Gasteiger partial charge is 0.475 e. The summed E-state index contributed by atoms with van der Waals surface area (Å²) in [5.74, 6) is 1.60. The molecule has 0 saturated carbocycles. The van der Waals surface area contributed by atoms with Crippen molar-refractivity contribution < 1.29 is 18.8 Å². The zero-order chi connectivity index (χ0) is 20.5. The van der Waals surface area contributed by atoms with Crippen LogP contribution in [0.15, 0.2) is 76.5 Å². The highest BCUT2D eigenvalue weighted by molar-refractivity contribution is 5.61. The minimum Gasteiger partial charge on any atom is -0.475 e. The Morgan fingerprint density at radius 3 is 2.34 bits per heavy atom. The zero-order valence-electron chi connectivity index (χ0n) is 16.7. The second kappa shape index (κ2) is 10.3. The molecule has 1 atom stereocenters. The molecule has 0 N–H and O–H groups in total. The molecule has 1 unspecified atom stereocenters. The smallest absolute Gasteiger partial charge is 0.211 e. The van der Waals surface area contributed by atoms with Crippen LogP contribution in [0.4, 0.5) is 0 Å². The molecule has 5 nitrogen and oxygen atoms in total. The van der Waals surface area contributed by atoms with Gasteiger partial charge in [0.25, 0.3) is 0 Å². The van der Waals surface area contributed by atoms with Gasteiger partial charge in [0.1, 0.15) is 12.4 Å².